The summed E-state index contributed by atoms with van der Waals surface area (Å²) in [5.41, 5.74) is 0. The molecule has 0 rings (SSSR count). The predicted molar refractivity (Wildman–Crippen MR) is 22.9 cm³/mol. The summed E-state index contributed by atoms with van der Waals surface area (Å²) in [4.78, 5) is 9.90. The second-order valence-electron chi connectivity index (χ2n) is 0.756. The molecular weight excluding hydrogens is 80.0 g/mol. The van der Waals surface area contributed by atoms with E-state index in [2.05, 4.69) is 17.7 Å². The van der Waals surface area contributed by atoms with E-state index >= 15 is 0 Å². The van der Waals surface area contributed by atoms with E-state index in [0.29, 0.717) is 0 Å². The Morgan fingerprint density at radius 1 is 1.83 bits per heavy atom. The summed E-state index contributed by atoms with van der Waals surface area (Å²) >= 11 is 0. The van der Waals surface area contributed by atoms with Crippen LogP contribution in [0.5, 0.6) is 0 Å². The maximum absolute atomic E-state index is 9.90. The van der Waals surface area contributed by atoms with E-state index in [1.54, 1.807) is 0 Å². The number of carbonyl (C=O) groups excluding carboxylic acids is 1. The molecule has 0 atom stereocenters. The van der Waals surface area contributed by atoms with Gasteiger partial charge in [0.2, 0.25) is 0 Å². The SMILES string of the molecule is [CH2]NC(=O)NC. The molecule has 0 spiro atoms. The minimum absolute atomic E-state index is 0.269. The summed E-state index contributed by atoms with van der Waals surface area (Å²) in [6.45, 7) is 0. The smallest absolute Gasteiger partial charge is 0.314 e. The van der Waals surface area contributed by atoms with E-state index < -0.39 is 0 Å². The van der Waals surface area contributed by atoms with Gasteiger partial charge < -0.3 is 10.6 Å². The Bertz CT molecular complexity index is 46.8. The minimum atomic E-state index is -0.269. The number of amides is 2. The van der Waals surface area contributed by atoms with Gasteiger partial charge >= 0.3 is 6.03 Å². The standard InChI is InChI=1S/C3H7N2O/c1-4-3(6)5-2/h1H2,2H3,(H2,4,5,6). The first-order chi connectivity index (χ1) is 2.81. The van der Waals surface area contributed by atoms with Crippen LogP contribution in [0, 0.1) is 7.05 Å². The van der Waals surface area contributed by atoms with Crippen LogP contribution in [-0.4, -0.2) is 13.1 Å². The van der Waals surface area contributed by atoms with Crippen molar-refractivity contribution < 1.29 is 4.79 Å². The van der Waals surface area contributed by atoms with Gasteiger partial charge in [-0.25, -0.2) is 4.79 Å². The molecule has 35 valence electrons. The quantitative estimate of drug-likeness (QED) is 0.418. The van der Waals surface area contributed by atoms with Crippen molar-refractivity contribution >= 4 is 6.03 Å². The number of nitrogens with one attached hydrogen (secondary N) is 2. The van der Waals surface area contributed by atoms with Crippen LogP contribution in [0.2, 0.25) is 0 Å². The fourth-order valence-electron chi connectivity index (χ4n) is 0.0884. The molecule has 0 aliphatic rings. The molecule has 0 saturated heterocycles. The van der Waals surface area contributed by atoms with E-state index in [1.165, 1.54) is 7.05 Å². The molecule has 2 amide bonds. The van der Waals surface area contributed by atoms with Gasteiger partial charge in [0.1, 0.15) is 0 Å². The lowest BCUT2D eigenvalue weighted by Crippen LogP contribution is -2.27. The van der Waals surface area contributed by atoms with Gasteiger partial charge in [-0.15, -0.1) is 0 Å². The maximum Gasteiger partial charge on any atom is 0.314 e. The molecule has 0 heterocycles. The first-order valence-corrected chi connectivity index (χ1v) is 1.56. The van der Waals surface area contributed by atoms with Crippen LogP contribution in [0.1, 0.15) is 0 Å². The highest BCUT2D eigenvalue weighted by Gasteiger charge is 1.81. The Morgan fingerprint density at radius 3 is 2.33 bits per heavy atom. The zero-order valence-corrected chi connectivity index (χ0v) is 3.62. The van der Waals surface area contributed by atoms with Gasteiger partial charge in [0.15, 0.2) is 0 Å². The van der Waals surface area contributed by atoms with Crippen molar-refractivity contribution in [3.8, 4) is 0 Å². The predicted octanol–water partition coefficient (Wildman–Crippen LogP) is -0.293. The Morgan fingerprint density at radius 2 is 2.33 bits per heavy atom. The van der Waals surface area contributed by atoms with Crippen LogP contribution >= 0.6 is 0 Å². The summed E-state index contributed by atoms with van der Waals surface area (Å²) in [5.74, 6) is 0. The average molecular weight is 87.1 g/mol. The fourth-order valence-corrected chi connectivity index (χ4v) is 0.0884. The van der Waals surface area contributed by atoms with Crippen molar-refractivity contribution in [1.82, 2.24) is 10.6 Å². The number of hydrogen-bond acceptors (Lipinski definition) is 1. The molecular formula is C3H7N2O. The monoisotopic (exact) mass is 87.1 g/mol. The molecule has 0 aromatic heterocycles. The van der Waals surface area contributed by atoms with Crippen molar-refractivity contribution in [2.24, 2.45) is 0 Å². The highest BCUT2D eigenvalue weighted by atomic mass is 16.2. The van der Waals surface area contributed by atoms with Crippen molar-refractivity contribution in [2.75, 3.05) is 7.05 Å². The highest BCUT2D eigenvalue weighted by Crippen LogP contribution is 1.50. The molecule has 0 aromatic rings. The third kappa shape index (κ3) is 1.58. The van der Waals surface area contributed by atoms with Gasteiger partial charge in [-0.2, -0.15) is 0 Å². The Labute approximate surface area is 36.7 Å². The van der Waals surface area contributed by atoms with E-state index in [-0.39, 0.29) is 6.03 Å². The molecule has 3 heteroatoms. The molecule has 0 unspecified atom stereocenters. The molecule has 3 nitrogen and oxygen atoms in total. The van der Waals surface area contributed by atoms with Gasteiger partial charge in [-0.05, 0) is 0 Å². The molecule has 0 fully saturated rings. The number of rotatable bonds is 0. The van der Waals surface area contributed by atoms with Gasteiger partial charge in [0.25, 0.3) is 0 Å². The third-order valence-electron chi connectivity index (χ3n) is 0.388. The maximum atomic E-state index is 9.90. The van der Waals surface area contributed by atoms with Crippen LogP contribution in [0.15, 0.2) is 0 Å². The highest BCUT2D eigenvalue weighted by molar-refractivity contribution is 5.73. The van der Waals surface area contributed by atoms with Crippen LogP contribution in [0.25, 0.3) is 0 Å². The Hall–Kier alpha value is -0.730. The zero-order valence-electron chi connectivity index (χ0n) is 3.62. The van der Waals surface area contributed by atoms with Gasteiger partial charge in [-0.1, -0.05) is 0 Å². The first kappa shape index (κ1) is 5.27. The lowest BCUT2D eigenvalue weighted by Gasteiger charge is -1.90. The first-order valence-electron chi connectivity index (χ1n) is 1.56. The summed E-state index contributed by atoms with van der Waals surface area (Å²) in [7, 11) is 4.62. The Kier molecular flexibility index (Phi) is 2.20. The topological polar surface area (TPSA) is 41.1 Å². The van der Waals surface area contributed by atoms with E-state index in [0.717, 1.165) is 0 Å². The van der Waals surface area contributed by atoms with Crippen LogP contribution in [0.3, 0.4) is 0 Å². The van der Waals surface area contributed by atoms with Crippen LogP contribution < -0.4 is 10.6 Å². The molecule has 6 heavy (non-hydrogen) atoms. The zero-order chi connectivity index (χ0) is 4.99. The normalized spacial score (nSPS) is 7.00. The second-order valence-corrected chi connectivity index (χ2v) is 0.756. The lowest BCUT2D eigenvalue weighted by atomic mass is 11.0. The summed E-state index contributed by atoms with van der Waals surface area (Å²) in [6.07, 6.45) is 0. The van der Waals surface area contributed by atoms with E-state index in [9.17, 15) is 4.79 Å². The van der Waals surface area contributed by atoms with Gasteiger partial charge in [0.05, 0.1) is 0 Å². The third-order valence-corrected chi connectivity index (χ3v) is 0.388. The summed E-state index contributed by atoms with van der Waals surface area (Å²) < 4.78 is 0. The van der Waals surface area contributed by atoms with Crippen LogP contribution in [-0.2, 0) is 0 Å². The van der Waals surface area contributed by atoms with Crippen molar-refractivity contribution in [2.45, 2.75) is 0 Å². The fraction of sp³-hybridized carbons (Fsp3) is 0.333. The van der Waals surface area contributed by atoms with Gasteiger partial charge in [-0.3, -0.25) is 0 Å². The van der Waals surface area contributed by atoms with E-state index in [1.807, 2.05) is 0 Å². The molecule has 2 N–H and O–H groups in total. The molecule has 0 aliphatic heterocycles. The molecule has 0 aliphatic carbocycles. The average Bonchev–Trinajstić information content (AvgIpc) is 1.65. The summed E-state index contributed by atoms with van der Waals surface area (Å²) in [6, 6.07) is -0.269. The van der Waals surface area contributed by atoms with Gasteiger partial charge in [0, 0.05) is 14.1 Å². The van der Waals surface area contributed by atoms with E-state index in [4.69, 9.17) is 0 Å². The van der Waals surface area contributed by atoms with Crippen molar-refractivity contribution in [1.29, 1.82) is 0 Å². The minimum Gasteiger partial charge on any atom is -0.341 e. The molecule has 0 saturated carbocycles. The second kappa shape index (κ2) is 2.50. The number of carbonyl (C=O) groups is 1. The van der Waals surface area contributed by atoms with Crippen molar-refractivity contribution in [3.05, 3.63) is 7.05 Å². The van der Waals surface area contributed by atoms with Crippen molar-refractivity contribution in [3.63, 3.8) is 0 Å². The van der Waals surface area contributed by atoms with Crippen LogP contribution in [0.4, 0.5) is 4.79 Å². The number of urea groups is 1. The molecule has 1 radical (unpaired) electrons. The molecule has 0 aromatic carbocycles. The lowest BCUT2D eigenvalue weighted by molar-refractivity contribution is 0.246. The largest absolute Gasteiger partial charge is 0.341 e. The summed E-state index contributed by atoms with van der Waals surface area (Å²) in [5, 5.41) is 4.42. The molecule has 0 bridgehead atoms. The Balaban J connectivity index is 2.99. The number of hydrogen-bond donors (Lipinski definition) is 2.